The number of nitrogens with one attached hydrogen (secondary N) is 1. The third-order valence-electron chi connectivity index (χ3n) is 2.47. The van der Waals surface area contributed by atoms with Gasteiger partial charge in [0.2, 0.25) is 5.91 Å². The number of hydrogen-bond donors (Lipinski definition) is 2. The van der Waals surface area contributed by atoms with Gasteiger partial charge < -0.3 is 15.2 Å². The van der Waals surface area contributed by atoms with Gasteiger partial charge in [-0.3, -0.25) is 4.79 Å². The number of carbonyl (C=O) groups excluding carboxylic acids is 1. The van der Waals surface area contributed by atoms with Gasteiger partial charge in [-0.1, -0.05) is 18.6 Å². The van der Waals surface area contributed by atoms with Crippen LogP contribution in [0.3, 0.4) is 0 Å². The summed E-state index contributed by atoms with van der Waals surface area (Å²) in [5, 5.41) is 18.9. The maximum Gasteiger partial charge on any atom is 0.358 e. The molecule has 0 spiro atoms. The van der Waals surface area contributed by atoms with Crippen molar-refractivity contribution in [2.75, 3.05) is 13.7 Å². The Morgan fingerprint density at radius 3 is 2.79 bits per heavy atom. The second-order valence-electron chi connectivity index (χ2n) is 3.98. The van der Waals surface area contributed by atoms with Crippen LogP contribution >= 0.6 is 0 Å². The monoisotopic (exact) mass is 270 g/mol. The van der Waals surface area contributed by atoms with E-state index in [4.69, 9.17) is 9.84 Å². The van der Waals surface area contributed by atoms with Crippen molar-refractivity contribution < 1.29 is 19.4 Å². The Kier molecular flexibility index (Phi) is 5.94. The van der Waals surface area contributed by atoms with Crippen LogP contribution in [0.1, 0.15) is 35.9 Å². The highest BCUT2D eigenvalue weighted by Gasteiger charge is 2.19. The van der Waals surface area contributed by atoms with Crippen molar-refractivity contribution >= 4 is 11.9 Å². The fraction of sp³-hybridized carbons (Fsp3) is 0.636. The van der Waals surface area contributed by atoms with Gasteiger partial charge in [0.15, 0.2) is 5.69 Å². The molecule has 0 saturated heterocycles. The van der Waals surface area contributed by atoms with Crippen LogP contribution in [-0.2, 0) is 22.7 Å². The van der Waals surface area contributed by atoms with E-state index in [9.17, 15) is 9.59 Å². The average molecular weight is 270 g/mol. The summed E-state index contributed by atoms with van der Waals surface area (Å²) in [5.74, 6) is -1.42. The van der Waals surface area contributed by atoms with Gasteiger partial charge in [-0.25, -0.2) is 9.48 Å². The highest BCUT2D eigenvalue weighted by molar-refractivity contribution is 5.86. The lowest BCUT2D eigenvalue weighted by Gasteiger charge is -2.07. The van der Waals surface area contributed by atoms with E-state index < -0.39 is 5.97 Å². The molecular weight excluding hydrogens is 252 g/mol. The molecule has 19 heavy (non-hydrogen) atoms. The number of ether oxygens (including phenoxy) is 1. The molecule has 1 aromatic rings. The molecule has 0 aliphatic rings. The summed E-state index contributed by atoms with van der Waals surface area (Å²) in [5.41, 5.74) is 0.0869. The lowest BCUT2D eigenvalue weighted by Crippen LogP contribution is -2.29. The van der Waals surface area contributed by atoms with Gasteiger partial charge in [0.25, 0.3) is 0 Å². The quantitative estimate of drug-likeness (QED) is 0.646. The molecule has 1 rings (SSSR count). The number of methoxy groups -OCH3 is 1. The second kappa shape index (κ2) is 7.47. The van der Waals surface area contributed by atoms with Gasteiger partial charge in [-0.15, -0.1) is 5.10 Å². The third kappa shape index (κ3) is 4.32. The Morgan fingerprint density at radius 1 is 1.47 bits per heavy atom. The number of carbonyl (C=O) groups is 2. The fourth-order valence-corrected chi connectivity index (χ4v) is 1.50. The number of aromatic carboxylic acids is 1. The van der Waals surface area contributed by atoms with Crippen LogP contribution in [-0.4, -0.2) is 45.6 Å². The molecule has 106 valence electrons. The van der Waals surface area contributed by atoms with E-state index in [2.05, 4.69) is 15.6 Å². The third-order valence-corrected chi connectivity index (χ3v) is 2.47. The molecule has 8 heteroatoms. The number of unbranched alkanes of at least 4 members (excludes halogenated alkanes) is 1. The summed E-state index contributed by atoms with van der Waals surface area (Å²) in [4.78, 5) is 22.6. The van der Waals surface area contributed by atoms with Crippen LogP contribution in [0.2, 0.25) is 0 Å². The molecule has 1 amide bonds. The molecule has 2 N–H and O–H groups in total. The minimum Gasteiger partial charge on any atom is -0.476 e. The number of carboxylic acid groups (broad SMARTS) is 1. The summed E-state index contributed by atoms with van der Waals surface area (Å²) in [6, 6.07) is 0. The summed E-state index contributed by atoms with van der Waals surface area (Å²) < 4.78 is 6.15. The zero-order valence-corrected chi connectivity index (χ0v) is 11.0. The Balaban J connectivity index is 2.72. The number of carboxylic acids is 1. The van der Waals surface area contributed by atoms with Crippen molar-refractivity contribution in [1.82, 2.24) is 20.3 Å². The molecule has 0 fully saturated rings. The Labute approximate surface area is 110 Å². The lowest BCUT2D eigenvalue weighted by molar-refractivity contribution is -0.121. The predicted octanol–water partition coefficient (Wildman–Crippen LogP) is 0.0390. The Morgan fingerprint density at radius 2 is 2.21 bits per heavy atom. The molecule has 1 heterocycles. The molecule has 0 saturated carbocycles. The fourth-order valence-electron chi connectivity index (χ4n) is 1.50. The maximum atomic E-state index is 11.6. The first-order valence-electron chi connectivity index (χ1n) is 6.01. The molecule has 0 aliphatic heterocycles. The Hall–Kier alpha value is -1.96. The van der Waals surface area contributed by atoms with E-state index in [1.165, 1.54) is 11.8 Å². The van der Waals surface area contributed by atoms with Crippen LogP contribution in [0.25, 0.3) is 0 Å². The van der Waals surface area contributed by atoms with Crippen LogP contribution < -0.4 is 5.32 Å². The first-order chi connectivity index (χ1) is 9.10. The van der Waals surface area contributed by atoms with Crippen molar-refractivity contribution in [3.8, 4) is 0 Å². The molecular formula is C11H18N4O4. The topological polar surface area (TPSA) is 106 Å². The van der Waals surface area contributed by atoms with Crippen LogP contribution in [0.5, 0.6) is 0 Å². The van der Waals surface area contributed by atoms with Gasteiger partial charge in [0, 0.05) is 13.7 Å². The van der Waals surface area contributed by atoms with Crippen molar-refractivity contribution in [3.63, 3.8) is 0 Å². The first-order valence-corrected chi connectivity index (χ1v) is 6.01. The highest BCUT2D eigenvalue weighted by atomic mass is 16.5. The summed E-state index contributed by atoms with van der Waals surface area (Å²) in [6.45, 7) is 2.59. The summed E-state index contributed by atoms with van der Waals surface area (Å²) in [6.07, 6.45) is 1.89. The highest BCUT2D eigenvalue weighted by Crippen LogP contribution is 2.07. The molecule has 0 aromatic carbocycles. The smallest absolute Gasteiger partial charge is 0.358 e. The minimum absolute atomic E-state index is 0.0386. The lowest BCUT2D eigenvalue weighted by atomic mass is 10.3. The molecule has 8 nitrogen and oxygen atoms in total. The normalized spacial score (nSPS) is 10.4. The van der Waals surface area contributed by atoms with Gasteiger partial charge in [-0.05, 0) is 6.42 Å². The van der Waals surface area contributed by atoms with Crippen LogP contribution in [0, 0.1) is 0 Å². The first kappa shape index (κ1) is 15.1. The zero-order chi connectivity index (χ0) is 14.3. The zero-order valence-electron chi connectivity index (χ0n) is 11.0. The SMILES string of the molecule is CCCCNC(=O)Cn1nnc(C(=O)O)c1COC. The number of rotatable bonds is 8. The standard InChI is InChI=1S/C11H18N4O4/c1-3-4-5-12-9(16)6-15-8(7-19-2)10(11(17)18)13-14-15/h3-7H2,1-2H3,(H,12,16)(H,17,18). The molecule has 0 radical (unpaired) electrons. The van der Waals surface area contributed by atoms with E-state index in [1.54, 1.807) is 0 Å². The van der Waals surface area contributed by atoms with Crippen molar-refractivity contribution in [2.24, 2.45) is 0 Å². The number of hydrogen-bond acceptors (Lipinski definition) is 5. The van der Waals surface area contributed by atoms with Gasteiger partial charge >= 0.3 is 5.97 Å². The summed E-state index contributed by atoms with van der Waals surface area (Å²) >= 11 is 0. The van der Waals surface area contributed by atoms with Gasteiger partial charge in [0.05, 0.1) is 12.3 Å². The second-order valence-corrected chi connectivity index (χ2v) is 3.98. The average Bonchev–Trinajstić information content (AvgIpc) is 2.73. The largest absolute Gasteiger partial charge is 0.476 e. The van der Waals surface area contributed by atoms with Crippen molar-refractivity contribution in [3.05, 3.63) is 11.4 Å². The molecule has 1 aromatic heterocycles. The van der Waals surface area contributed by atoms with E-state index in [0.29, 0.717) is 6.54 Å². The maximum absolute atomic E-state index is 11.6. The number of nitrogens with zero attached hydrogens (tertiary/aromatic N) is 3. The van der Waals surface area contributed by atoms with E-state index >= 15 is 0 Å². The Bertz CT molecular complexity index is 444. The molecule has 0 atom stereocenters. The summed E-state index contributed by atoms with van der Waals surface area (Å²) in [7, 11) is 1.43. The minimum atomic E-state index is -1.19. The van der Waals surface area contributed by atoms with Crippen LogP contribution in [0.15, 0.2) is 0 Å². The molecule has 0 bridgehead atoms. The number of amides is 1. The van der Waals surface area contributed by atoms with Crippen molar-refractivity contribution in [1.29, 1.82) is 0 Å². The molecule has 0 unspecified atom stereocenters. The van der Waals surface area contributed by atoms with E-state index in [1.807, 2.05) is 6.92 Å². The van der Waals surface area contributed by atoms with E-state index in [0.717, 1.165) is 12.8 Å². The molecule has 0 aliphatic carbocycles. The number of aromatic nitrogens is 3. The predicted molar refractivity (Wildman–Crippen MR) is 65.6 cm³/mol. The van der Waals surface area contributed by atoms with Crippen LogP contribution in [0.4, 0.5) is 0 Å². The van der Waals surface area contributed by atoms with E-state index in [-0.39, 0.29) is 30.4 Å². The van der Waals surface area contributed by atoms with Gasteiger partial charge in [0.1, 0.15) is 6.54 Å². The van der Waals surface area contributed by atoms with Crippen molar-refractivity contribution in [2.45, 2.75) is 32.9 Å². The van der Waals surface area contributed by atoms with Gasteiger partial charge in [-0.2, -0.15) is 0 Å².